The Balaban J connectivity index is 2.58. The molecule has 0 heterocycles. The van der Waals surface area contributed by atoms with Crippen molar-refractivity contribution in [2.24, 2.45) is 11.5 Å². The van der Waals surface area contributed by atoms with Crippen molar-refractivity contribution in [3.05, 3.63) is 29.8 Å². The van der Waals surface area contributed by atoms with E-state index >= 15 is 0 Å². The number of carbonyl (C=O) groups excluding carboxylic acids is 2. The molecule has 2 amide bonds. The van der Waals surface area contributed by atoms with E-state index < -0.39 is 17.9 Å². The van der Waals surface area contributed by atoms with Crippen LogP contribution in [0.15, 0.2) is 24.3 Å². The second kappa shape index (κ2) is 5.97. The molecule has 6 N–H and O–H groups in total. The third-order valence-electron chi connectivity index (χ3n) is 2.16. The number of anilines is 1. The van der Waals surface area contributed by atoms with E-state index in [0.717, 1.165) is 5.56 Å². The minimum atomic E-state index is -0.954. The molecule has 0 aliphatic heterocycles. The summed E-state index contributed by atoms with van der Waals surface area (Å²) in [5, 5.41) is 11.4. The number of benzene rings is 1. The normalized spacial score (nSPS) is 11.9. The van der Waals surface area contributed by atoms with Gasteiger partial charge >= 0.3 is 0 Å². The van der Waals surface area contributed by atoms with Gasteiger partial charge in [-0.2, -0.15) is 0 Å². The summed E-state index contributed by atoms with van der Waals surface area (Å²) >= 11 is 0. The van der Waals surface area contributed by atoms with Crippen LogP contribution in [0.3, 0.4) is 0 Å². The first-order chi connectivity index (χ1) is 8.02. The maximum Gasteiger partial charge on any atom is 0.241 e. The molecular formula is C11H15N3O3. The van der Waals surface area contributed by atoms with Crippen LogP contribution in [0, 0.1) is 0 Å². The number of aliphatic hydroxyl groups is 1. The Kier molecular flexibility index (Phi) is 4.62. The van der Waals surface area contributed by atoms with E-state index in [-0.39, 0.29) is 13.0 Å². The van der Waals surface area contributed by atoms with Crippen molar-refractivity contribution in [2.75, 3.05) is 5.32 Å². The third-order valence-corrected chi connectivity index (χ3v) is 2.16. The number of nitrogens with one attached hydrogen (secondary N) is 1. The minimum Gasteiger partial charge on any atom is -0.392 e. The lowest BCUT2D eigenvalue weighted by atomic mass is 10.2. The number of rotatable bonds is 5. The molecule has 6 heteroatoms. The largest absolute Gasteiger partial charge is 0.392 e. The minimum absolute atomic E-state index is 0.0601. The van der Waals surface area contributed by atoms with Crippen LogP contribution in [-0.4, -0.2) is 23.0 Å². The molecule has 0 radical (unpaired) electrons. The van der Waals surface area contributed by atoms with E-state index in [0.29, 0.717) is 5.69 Å². The summed E-state index contributed by atoms with van der Waals surface area (Å²) in [6, 6.07) is 5.68. The lowest BCUT2D eigenvalue weighted by molar-refractivity contribution is -0.123. The van der Waals surface area contributed by atoms with Crippen LogP contribution in [0.25, 0.3) is 0 Å². The van der Waals surface area contributed by atoms with Crippen LogP contribution in [0.5, 0.6) is 0 Å². The van der Waals surface area contributed by atoms with Gasteiger partial charge in [0.2, 0.25) is 11.8 Å². The van der Waals surface area contributed by atoms with Gasteiger partial charge in [0.25, 0.3) is 0 Å². The third kappa shape index (κ3) is 4.21. The molecule has 0 saturated heterocycles. The van der Waals surface area contributed by atoms with Gasteiger partial charge in [-0.1, -0.05) is 12.1 Å². The average molecular weight is 237 g/mol. The van der Waals surface area contributed by atoms with Gasteiger partial charge in [0.05, 0.1) is 19.1 Å². The van der Waals surface area contributed by atoms with Crippen molar-refractivity contribution in [3.63, 3.8) is 0 Å². The van der Waals surface area contributed by atoms with Gasteiger partial charge in [0.15, 0.2) is 0 Å². The van der Waals surface area contributed by atoms with E-state index in [1.165, 1.54) is 0 Å². The fourth-order valence-corrected chi connectivity index (χ4v) is 1.24. The fraction of sp³-hybridized carbons (Fsp3) is 0.273. The van der Waals surface area contributed by atoms with E-state index in [9.17, 15) is 9.59 Å². The molecule has 17 heavy (non-hydrogen) atoms. The van der Waals surface area contributed by atoms with Crippen LogP contribution < -0.4 is 16.8 Å². The predicted octanol–water partition coefficient (Wildman–Crippen LogP) is -0.680. The second-order valence-electron chi connectivity index (χ2n) is 3.62. The van der Waals surface area contributed by atoms with Crippen LogP contribution >= 0.6 is 0 Å². The number of primary amides is 1. The lowest BCUT2D eigenvalue weighted by Crippen LogP contribution is -2.38. The predicted molar refractivity (Wildman–Crippen MR) is 62.8 cm³/mol. The first-order valence-corrected chi connectivity index (χ1v) is 5.07. The molecule has 1 rings (SSSR count). The number of amides is 2. The van der Waals surface area contributed by atoms with Crippen molar-refractivity contribution < 1.29 is 14.7 Å². The fourth-order valence-electron chi connectivity index (χ4n) is 1.24. The second-order valence-corrected chi connectivity index (χ2v) is 3.62. The van der Waals surface area contributed by atoms with Crippen LogP contribution in [0.2, 0.25) is 0 Å². The van der Waals surface area contributed by atoms with Crippen molar-refractivity contribution in [2.45, 2.75) is 19.1 Å². The van der Waals surface area contributed by atoms with Gasteiger partial charge < -0.3 is 21.9 Å². The summed E-state index contributed by atoms with van der Waals surface area (Å²) < 4.78 is 0. The summed E-state index contributed by atoms with van der Waals surface area (Å²) in [6.45, 7) is -0.0601. The summed E-state index contributed by atoms with van der Waals surface area (Å²) in [4.78, 5) is 22.1. The molecule has 1 atom stereocenters. The highest BCUT2D eigenvalue weighted by atomic mass is 16.3. The SMILES string of the molecule is NC(=O)C[C@H](N)C(=O)Nc1ccc(CO)cc1. The molecule has 0 aliphatic rings. The van der Waals surface area contributed by atoms with E-state index in [2.05, 4.69) is 5.32 Å². The molecule has 0 saturated carbocycles. The Morgan fingerprint density at radius 3 is 2.35 bits per heavy atom. The first kappa shape index (κ1) is 13.1. The molecule has 92 valence electrons. The monoisotopic (exact) mass is 237 g/mol. The zero-order chi connectivity index (χ0) is 12.8. The summed E-state index contributed by atoms with van der Waals surface area (Å²) in [5.74, 6) is -1.09. The molecule has 0 spiro atoms. The maximum absolute atomic E-state index is 11.5. The Bertz CT molecular complexity index is 403. The van der Waals surface area contributed by atoms with Crippen LogP contribution in [0.4, 0.5) is 5.69 Å². The molecule has 0 aliphatic carbocycles. The molecular weight excluding hydrogens is 222 g/mol. The van der Waals surface area contributed by atoms with Gasteiger partial charge in [-0.3, -0.25) is 9.59 Å². The van der Waals surface area contributed by atoms with Crippen molar-refractivity contribution in [3.8, 4) is 0 Å². The number of aliphatic hydroxyl groups excluding tert-OH is 1. The first-order valence-electron chi connectivity index (χ1n) is 5.07. The highest BCUT2D eigenvalue weighted by Gasteiger charge is 2.15. The van der Waals surface area contributed by atoms with Gasteiger partial charge in [-0.25, -0.2) is 0 Å². The summed E-state index contributed by atoms with van der Waals surface area (Å²) in [7, 11) is 0. The van der Waals surface area contributed by atoms with Gasteiger partial charge in [-0.15, -0.1) is 0 Å². The molecule has 1 aromatic rings. The van der Waals surface area contributed by atoms with E-state index in [4.69, 9.17) is 16.6 Å². The Morgan fingerprint density at radius 2 is 1.88 bits per heavy atom. The zero-order valence-corrected chi connectivity index (χ0v) is 9.22. The summed E-state index contributed by atoms with van der Waals surface area (Å²) in [5.41, 5.74) is 11.7. The topological polar surface area (TPSA) is 118 Å². The molecule has 0 bridgehead atoms. The van der Waals surface area contributed by atoms with Crippen molar-refractivity contribution >= 4 is 17.5 Å². The molecule has 1 aromatic carbocycles. The van der Waals surface area contributed by atoms with Crippen LogP contribution in [0.1, 0.15) is 12.0 Å². The van der Waals surface area contributed by atoms with Gasteiger partial charge in [0, 0.05) is 5.69 Å². The number of hydrogen-bond acceptors (Lipinski definition) is 4. The van der Waals surface area contributed by atoms with Gasteiger partial charge in [-0.05, 0) is 17.7 Å². The van der Waals surface area contributed by atoms with Crippen molar-refractivity contribution in [1.29, 1.82) is 0 Å². The molecule has 0 fully saturated rings. The number of nitrogens with two attached hydrogens (primary N) is 2. The smallest absolute Gasteiger partial charge is 0.241 e. The highest BCUT2D eigenvalue weighted by Crippen LogP contribution is 2.09. The highest BCUT2D eigenvalue weighted by molar-refractivity contribution is 5.97. The average Bonchev–Trinajstić information content (AvgIpc) is 2.29. The summed E-state index contributed by atoms with van der Waals surface area (Å²) in [6.07, 6.45) is -0.194. The Morgan fingerprint density at radius 1 is 1.29 bits per heavy atom. The standard InChI is InChI=1S/C11H15N3O3/c12-9(5-10(13)16)11(17)14-8-3-1-7(6-15)2-4-8/h1-4,9,15H,5-6,12H2,(H2,13,16)(H,14,17)/t9-/m0/s1. The quantitative estimate of drug-likeness (QED) is 0.542. The van der Waals surface area contributed by atoms with Crippen molar-refractivity contribution in [1.82, 2.24) is 0 Å². The zero-order valence-electron chi connectivity index (χ0n) is 9.22. The maximum atomic E-state index is 11.5. The molecule has 0 aromatic heterocycles. The number of hydrogen-bond donors (Lipinski definition) is 4. The number of carbonyl (C=O) groups is 2. The molecule has 0 unspecified atom stereocenters. The molecule has 6 nitrogen and oxygen atoms in total. The van der Waals surface area contributed by atoms with E-state index in [1.807, 2.05) is 0 Å². The Labute approximate surface area is 98.6 Å². The lowest BCUT2D eigenvalue weighted by Gasteiger charge is -2.10. The van der Waals surface area contributed by atoms with E-state index in [1.54, 1.807) is 24.3 Å². The van der Waals surface area contributed by atoms with Gasteiger partial charge in [0.1, 0.15) is 0 Å². The Hall–Kier alpha value is -1.92. The van der Waals surface area contributed by atoms with Crippen LogP contribution in [-0.2, 0) is 16.2 Å².